The van der Waals surface area contributed by atoms with Crippen LogP contribution in [0.25, 0.3) is 0 Å². The number of hydrogen-bond acceptors (Lipinski definition) is 4. The molecule has 0 spiro atoms. The fourth-order valence-electron chi connectivity index (χ4n) is 2.39. The van der Waals surface area contributed by atoms with Crippen molar-refractivity contribution in [3.63, 3.8) is 0 Å². The van der Waals surface area contributed by atoms with Crippen molar-refractivity contribution < 1.29 is 14.7 Å². The molecule has 2 rings (SSSR count). The number of carbonyl (C=O) groups is 2. The van der Waals surface area contributed by atoms with Crippen molar-refractivity contribution in [2.24, 2.45) is 0 Å². The molecular formula is C11H14BrN3O3S. The van der Waals surface area contributed by atoms with Gasteiger partial charge in [-0.25, -0.2) is 14.6 Å². The normalized spacial score (nSPS) is 22.5. The van der Waals surface area contributed by atoms with Gasteiger partial charge in [0, 0.05) is 6.54 Å². The van der Waals surface area contributed by atoms with Gasteiger partial charge in [-0.1, -0.05) is 18.3 Å². The van der Waals surface area contributed by atoms with Crippen LogP contribution in [0.4, 0.5) is 9.93 Å². The van der Waals surface area contributed by atoms with Crippen LogP contribution in [0.15, 0.2) is 9.98 Å². The van der Waals surface area contributed by atoms with E-state index < -0.39 is 17.5 Å². The monoisotopic (exact) mass is 347 g/mol. The van der Waals surface area contributed by atoms with Crippen LogP contribution in [0.2, 0.25) is 0 Å². The molecule has 1 aromatic heterocycles. The first kappa shape index (κ1) is 14.3. The van der Waals surface area contributed by atoms with Gasteiger partial charge in [-0.15, -0.1) is 0 Å². The van der Waals surface area contributed by atoms with E-state index in [-0.39, 0.29) is 0 Å². The van der Waals surface area contributed by atoms with E-state index in [4.69, 9.17) is 0 Å². The Morgan fingerprint density at radius 3 is 2.95 bits per heavy atom. The third-order valence-corrected chi connectivity index (χ3v) is 4.80. The summed E-state index contributed by atoms with van der Waals surface area (Å²) in [6, 6.07) is -0.399. The number of amides is 2. The van der Waals surface area contributed by atoms with Crippen LogP contribution in [0.5, 0.6) is 0 Å². The Labute approximate surface area is 122 Å². The molecule has 0 saturated carbocycles. The summed E-state index contributed by atoms with van der Waals surface area (Å²) in [7, 11) is 0. The summed E-state index contributed by atoms with van der Waals surface area (Å²) in [5.74, 6) is -0.942. The molecule has 1 atom stereocenters. The maximum atomic E-state index is 12.2. The van der Waals surface area contributed by atoms with Crippen LogP contribution in [-0.4, -0.2) is 39.1 Å². The molecule has 1 saturated heterocycles. The molecular weight excluding hydrogens is 334 g/mol. The van der Waals surface area contributed by atoms with Gasteiger partial charge in [0.1, 0.15) is 5.54 Å². The Balaban J connectivity index is 2.16. The fraction of sp³-hybridized carbons (Fsp3) is 0.545. The zero-order chi connectivity index (χ0) is 14.0. The van der Waals surface area contributed by atoms with Crippen molar-refractivity contribution in [3.05, 3.63) is 9.98 Å². The second-order valence-corrected chi connectivity index (χ2v) is 6.76. The van der Waals surface area contributed by atoms with Gasteiger partial charge < -0.3 is 10.0 Å². The number of anilines is 1. The number of aromatic nitrogens is 1. The Kier molecular flexibility index (Phi) is 4.10. The molecule has 1 fully saturated rings. The molecule has 1 aliphatic rings. The third kappa shape index (κ3) is 2.59. The number of carboxylic acid groups (broad SMARTS) is 1. The Morgan fingerprint density at radius 1 is 1.68 bits per heavy atom. The number of nitrogens with zero attached hydrogens (tertiary/aromatic N) is 2. The lowest BCUT2D eigenvalue weighted by Gasteiger charge is -2.33. The molecule has 2 heterocycles. The summed E-state index contributed by atoms with van der Waals surface area (Å²) < 4.78 is 0.809. The molecule has 1 aliphatic heterocycles. The molecule has 1 unspecified atom stereocenters. The average Bonchev–Trinajstić information content (AvgIpc) is 2.95. The predicted molar refractivity (Wildman–Crippen MR) is 75.4 cm³/mol. The van der Waals surface area contributed by atoms with Gasteiger partial charge in [-0.2, -0.15) is 0 Å². The molecule has 8 heteroatoms. The maximum Gasteiger partial charge on any atom is 0.329 e. The molecule has 0 radical (unpaired) electrons. The van der Waals surface area contributed by atoms with Gasteiger partial charge in [0.05, 0.1) is 9.98 Å². The van der Waals surface area contributed by atoms with E-state index >= 15 is 0 Å². The van der Waals surface area contributed by atoms with Gasteiger partial charge in [0.25, 0.3) is 0 Å². The maximum absolute atomic E-state index is 12.2. The zero-order valence-corrected chi connectivity index (χ0v) is 12.8. The first-order chi connectivity index (χ1) is 8.99. The minimum Gasteiger partial charge on any atom is -0.479 e. The number of thiazole rings is 1. The smallest absolute Gasteiger partial charge is 0.329 e. The first-order valence-corrected chi connectivity index (χ1v) is 7.54. The molecule has 2 N–H and O–H groups in total. The predicted octanol–water partition coefficient (Wildman–Crippen LogP) is 2.77. The SMILES string of the molecule is CCC1(C(=O)O)CCCN1C(=O)Nc1ncc(Br)s1. The molecule has 6 nitrogen and oxygen atoms in total. The summed E-state index contributed by atoms with van der Waals surface area (Å²) in [5, 5.41) is 12.5. The number of hydrogen-bond donors (Lipinski definition) is 2. The summed E-state index contributed by atoms with van der Waals surface area (Å²) in [6.07, 6.45) is 3.19. The van der Waals surface area contributed by atoms with E-state index in [1.807, 2.05) is 0 Å². The second kappa shape index (κ2) is 5.46. The molecule has 104 valence electrons. The number of carboxylic acids is 1. The van der Waals surface area contributed by atoms with Crippen LogP contribution in [-0.2, 0) is 4.79 Å². The highest BCUT2D eigenvalue weighted by Crippen LogP contribution is 2.33. The minimum atomic E-state index is -1.08. The largest absolute Gasteiger partial charge is 0.479 e. The summed E-state index contributed by atoms with van der Waals surface area (Å²) in [5.41, 5.74) is -1.08. The van der Waals surface area contributed by atoms with Crippen LogP contribution < -0.4 is 5.32 Å². The van der Waals surface area contributed by atoms with Crippen LogP contribution in [0.1, 0.15) is 26.2 Å². The summed E-state index contributed by atoms with van der Waals surface area (Å²) >= 11 is 4.55. The van der Waals surface area contributed by atoms with Crippen LogP contribution in [0, 0.1) is 0 Å². The van der Waals surface area contributed by atoms with Crippen molar-refractivity contribution in [2.45, 2.75) is 31.7 Å². The first-order valence-electron chi connectivity index (χ1n) is 5.93. The fourth-order valence-corrected chi connectivity index (χ4v) is 3.48. The van der Waals surface area contributed by atoms with Crippen molar-refractivity contribution in [3.8, 4) is 0 Å². The third-order valence-electron chi connectivity index (χ3n) is 3.41. The van der Waals surface area contributed by atoms with E-state index in [9.17, 15) is 14.7 Å². The van der Waals surface area contributed by atoms with Crippen LogP contribution >= 0.6 is 27.3 Å². The minimum absolute atomic E-state index is 0.399. The number of rotatable bonds is 3. The summed E-state index contributed by atoms with van der Waals surface area (Å²) in [4.78, 5) is 29.1. The zero-order valence-electron chi connectivity index (χ0n) is 10.4. The van der Waals surface area contributed by atoms with E-state index in [1.54, 1.807) is 13.1 Å². The second-order valence-electron chi connectivity index (χ2n) is 4.35. The Morgan fingerprint density at radius 2 is 2.42 bits per heavy atom. The van der Waals surface area contributed by atoms with E-state index in [0.717, 1.165) is 3.79 Å². The van der Waals surface area contributed by atoms with Crippen molar-refractivity contribution in [2.75, 3.05) is 11.9 Å². The molecule has 0 aromatic carbocycles. The molecule has 19 heavy (non-hydrogen) atoms. The highest BCUT2D eigenvalue weighted by Gasteiger charge is 2.48. The lowest BCUT2D eigenvalue weighted by atomic mass is 9.93. The van der Waals surface area contributed by atoms with Gasteiger partial charge in [0.15, 0.2) is 5.13 Å². The molecule has 0 aliphatic carbocycles. The number of halogens is 1. The number of carbonyl (C=O) groups excluding carboxylic acids is 1. The lowest BCUT2D eigenvalue weighted by molar-refractivity contribution is -0.148. The van der Waals surface area contributed by atoms with Gasteiger partial charge in [-0.3, -0.25) is 5.32 Å². The van der Waals surface area contributed by atoms with Crippen molar-refractivity contribution in [1.29, 1.82) is 0 Å². The van der Waals surface area contributed by atoms with E-state index in [1.165, 1.54) is 16.2 Å². The number of likely N-dealkylation sites (tertiary alicyclic amines) is 1. The highest BCUT2D eigenvalue weighted by atomic mass is 79.9. The summed E-state index contributed by atoms with van der Waals surface area (Å²) in [6.45, 7) is 2.25. The molecule has 2 amide bonds. The van der Waals surface area contributed by atoms with Gasteiger partial charge >= 0.3 is 12.0 Å². The van der Waals surface area contributed by atoms with Gasteiger partial charge in [0.2, 0.25) is 0 Å². The average molecular weight is 348 g/mol. The van der Waals surface area contributed by atoms with Crippen molar-refractivity contribution in [1.82, 2.24) is 9.88 Å². The quantitative estimate of drug-likeness (QED) is 0.880. The Hall–Kier alpha value is -1.15. The topological polar surface area (TPSA) is 82.5 Å². The molecule has 1 aromatic rings. The van der Waals surface area contributed by atoms with Gasteiger partial charge in [-0.05, 0) is 35.2 Å². The highest BCUT2D eigenvalue weighted by molar-refractivity contribution is 9.11. The van der Waals surface area contributed by atoms with E-state index in [2.05, 4.69) is 26.2 Å². The number of nitrogens with one attached hydrogen (secondary N) is 1. The van der Waals surface area contributed by atoms with Crippen molar-refractivity contribution >= 4 is 44.4 Å². The lowest BCUT2D eigenvalue weighted by Crippen LogP contribution is -2.54. The van der Waals surface area contributed by atoms with Crippen LogP contribution in [0.3, 0.4) is 0 Å². The number of aliphatic carboxylic acids is 1. The van der Waals surface area contributed by atoms with E-state index in [0.29, 0.717) is 30.9 Å². The standard InChI is InChI=1S/C11H14BrN3O3S/c1-2-11(8(16)17)4-3-5-15(11)10(18)14-9-13-6-7(12)19-9/h6H,2-5H2,1H3,(H,16,17)(H,13,14,18). The molecule has 0 bridgehead atoms. The number of urea groups is 1. The Bertz CT molecular complexity index is 507.